The van der Waals surface area contributed by atoms with E-state index >= 15 is 0 Å². The van der Waals surface area contributed by atoms with Crippen LogP contribution in [0.25, 0.3) is 0 Å². The summed E-state index contributed by atoms with van der Waals surface area (Å²) in [5.74, 6) is 3.22. The average Bonchev–Trinajstić information content (AvgIpc) is 3.13. The SMILES string of the molecule is CNc1nc(CC2CCOC2)nc(C2CCCC2)c1I. The Labute approximate surface area is 134 Å². The van der Waals surface area contributed by atoms with Crippen molar-refractivity contribution in [3.8, 4) is 0 Å². The summed E-state index contributed by atoms with van der Waals surface area (Å²) in [5.41, 5.74) is 1.27. The molecule has 1 N–H and O–H groups in total. The third-order valence-corrected chi connectivity index (χ3v) is 5.46. The lowest BCUT2D eigenvalue weighted by Crippen LogP contribution is -2.13. The minimum atomic E-state index is 0.594. The number of hydrogen-bond donors (Lipinski definition) is 1. The third-order valence-electron chi connectivity index (χ3n) is 4.40. The number of halogens is 1. The predicted octanol–water partition coefficient (Wildman–Crippen LogP) is 3.36. The van der Waals surface area contributed by atoms with Crippen LogP contribution in [0.3, 0.4) is 0 Å². The Morgan fingerprint density at radius 3 is 2.70 bits per heavy atom. The van der Waals surface area contributed by atoms with E-state index in [-0.39, 0.29) is 0 Å². The standard InChI is InChI=1S/C15H22IN3O/c1-17-15-13(16)14(11-4-2-3-5-11)18-12(19-15)8-10-6-7-20-9-10/h10-11H,2-9H2,1H3,(H,17,18,19). The maximum absolute atomic E-state index is 5.47. The fourth-order valence-corrected chi connectivity index (χ4v) is 4.19. The number of rotatable bonds is 4. The van der Waals surface area contributed by atoms with Gasteiger partial charge in [-0.15, -0.1) is 0 Å². The molecule has 0 bridgehead atoms. The zero-order valence-corrected chi connectivity index (χ0v) is 14.1. The van der Waals surface area contributed by atoms with Gasteiger partial charge in [-0.2, -0.15) is 0 Å². The molecule has 1 saturated carbocycles. The van der Waals surface area contributed by atoms with E-state index < -0.39 is 0 Å². The maximum atomic E-state index is 5.47. The number of nitrogens with zero attached hydrogens (tertiary/aromatic N) is 2. The van der Waals surface area contributed by atoms with Gasteiger partial charge in [-0.05, 0) is 47.8 Å². The normalized spacial score (nSPS) is 23.4. The van der Waals surface area contributed by atoms with Crippen molar-refractivity contribution in [3.05, 3.63) is 15.1 Å². The summed E-state index contributed by atoms with van der Waals surface area (Å²) in [6.45, 7) is 1.76. The summed E-state index contributed by atoms with van der Waals surface area (Å²) in [7, 11) is 1.95. The second-order valence-electron chi connectivity index (χ2n) is 5.85. The molecule has 1 saturated heterocycles. The predicted molar refractivity (Wildman–Crippen MR) is 88.1 cm³/mol. The lowest BCUT2D eigenvalue weighted by atomic mass is 10.0. The quantitative estimate of drug-likeness (QED) is 0.805. The van der Waals surface area contributed by atoms with Gasteiger partial charge in [-0.25, -0.2) is 9.97 Å². The summed E-state index contributed by atoms with van der Waals surface area (Å²) < 4.78 is 6.68. The van der Waals surface area contributed by atoms with Crippen LogP contribution in [0.2, 0.25) is 0 Å². The Morgan fingerprint density at radius 2 is 2.05 bits per heavy atom. The first kappa shape index (κ1) is 14.5. The van der Waals surface area contributed by atoms with Crippen molar-refractivity contribution < 1.29 is 4.74 Å². The monoisotopic (exact) mass is 387 g/mol. The third kappa shape index (κ3) is 3.08. The van der Waals surface area contributed by atoms with Gasteiger partial charge in [0.25, 0.3) is 0 Å². The molecule has 0 aromatic carbocycles. The first-order valence-corrected chi connectivity index (χ1v) is 8.67. The molecule has 1 aliphatic carbocycles. The molecule has 0 amide bonds. The van der Waals surface area contributed by atoms with E-state index in [1.165, 1.54) is 34.9 Å². The molecule has 2 aliphatic rings. The number of anilines is 1. The molecule has 2 heterocycles. The van der Waals surface area contributed by atoms with Crippen molar-refractivity contribution >= 4 is 28.4 Å². The Kier molecular flexibility index (Phi) is 4.75. The summed E-state index contributed by atoms with van der Waals surface area (Å²) in [5, 5.41) is 3.23. The van der Waals surface area contributed by atoms with Crippen molar-refractivity contribution in [1.82, 2.24) is 9.97 Å². The number of hydrogen-bond acceptors (Lipinski definition) is 4. The van der Waals surface area contributed by atoms with Gasteiger partial charge in [0.05, 0.1) is 9.26 Å². The average molecular weight is 387 g/mol. The number of nitrogens with one attached hydrogen (secondary N) is 1. The van der Waals surface area contributed by atoms with Gasteiger partial charge in [0.1, 0.15) is 11.6 Å². The van der Waals surface area contributed by atoms with Crippen LogP contribution >= 0.6 is 22.6 Å². The van der Waals surface area contributed by atoms with Crippen LogP contribution in [-0.2, 0) is 11.2 Å². The van der Waals surface area contributed by atoms with Crippen LogP contribution in [0.15, 0.2) is 0 Å². The highest BCUT2D eigenvalue weighted by molar-refractivity contribution is 14.1. The zero-order valence-electron chi connectivity index (χ0n) is 12.0. The van der Waals surface area contributed by atoms with E-state index in [1.54, 1.807) is 0 Å². The first-order valence-electron chi connectivity index (χ1n) is 7.59. The number of ether oxygens (including phenoxy) is 1. The molecule has 2 fully saturated rings. The highest BCUT2D eigenvalue weighted by Gasteiger charge is 2.25. The number of aromatic nitrogens is 2. The van der Waals surface area contributed by atoms with E-state index in [9.17, 15) is 0 Å². The van der Waals surface area contributed by atoms with Crippen LogP contribution < -0.4 is 5.32 Å². The molecule has 5 heteroatoms. The molecular formula is C15H22IN3O. The van der Waals surface area contributed by atoms with E-state index in [0.717, 1.165) is 37.7 Å². The second-order valence-corrected chi connectivity index (χ2v) is 6.93. The fraction of sp³-hybridized carbons (Fsp3) is 0.733. The Morgan fingerprint density at radius 1 is 1.25 bits per heavy atom. The van der Waals surface area contributed by atoms with Crippen LogP contribution in [-0.4, -0.2) is 30.2 Å². The Balaban J connectivity index is 1.87. The molecule has 0 spiro atoms. The molecule has 1 atom stereocenters. The molecule has 20 heavy (non-hydrogen) atoms. The van der Waals surface area contributed by atoms with Gasteiger partial charge in [0.2, 0.25) is 0 Å². The molecule has 1 aliphatic heterocycles. The Bertz CT molecular complexity index is 468. The topological polar surface area (TPSA) is 47.0 Å². The van der Waals surface area contributed by atoms with Gasteiger partial charge in [0.15, 0.2) is 0 Å². The molecule has 0 radical (unpaired) electrons. The zero-order chi connectivity index (χ0) is 13.9. The smallest absolute Gasteiger partial charge is 0.143 e. The lowest BCUT2D eigenvalue weighted by molar-refractivity contribution is 0.185. The van der Waals surface area contributed by atoms with E-state index in [4.69, 9.17) is 14.7 Å². The lowest BCUT2D eigenvalue weighted by Gasteiger charge is -2.16. The van der Waals surface area contributed by atoms with Crippen molar-refractivity contribution in [2.45, 2.75) is 44.4 Å². The van der Waals surface area contributed by atoms with Crippen LogP contribution in [0.1, 0.15) is 49.5 Å². The van der Waals surface area contributed by atoms with Gasteiger partial charge in [-0.3, -0.25) is 0 Å². The molecular weight excluding hydrogens is 365 g/mol. The summed E-state index contributed by atoms with van der Waals surface area (Å²) in [6.07, 6.45) is 7.33. The first-order chi connectivity index (χ1) is 9.78. The van der Waals surface area contributed by atoms with Crippen molar-refractivity contribution in [2.24, 2.45) is 5.92 Å². The van der Waals surface area contributed by atoms with Crippen molar-refractivity contribution in [2.75, 3.05) is 25.6 Å². The molecule has 1 unspecified atom stereocenters. The molecule has 1 aromatic heterocycles. The highest BCUT2D eigenvalue weighted by atomic mass is 127. The van der Waals surface area contributed by atoms with Gasteiger partial charge in [-0.1, -0.05) is 12.8 Å². The molecule has 1 aromatic rings. The van der Waals surface area contributed by atoms with Crippen molar-refractivity contribution in [3.63, 3.8) is 0 Å². The van der Waals surface area contributed by atoms with Gasteiger partial charge in [0, 0.05) is 32.6 Å². The highest BCUT2D eigenvalue weighted by Crippen LogP contribution is 2.37. The minimum absolute atomic E-state index is 0.594. The summed E-state index contributed by atoms with van der Waals surface area (Å²) >= 11 is 2.40. The largest absolute Gasteiger partial charge is 0.381 e. The minimum Gasteiger partial charge on any atom is -0.381 e. The summed E-state index contributed by atoms with van der Waals surface area (Å²) in [6, 6.07) is 0. The van der Waals surface area contributed by atoms with Crippen LogP contribution in [0, 0.1) is 9.49 Å². The summed E-state index contributed by atoms with van der Waals surface area (Å²) in [4.78, 5) is 9.61. The van der Waals surface area contributed by atoms with Gasteiger partial charge < -0.3 is 10.1 Å². The molecule has 4 nitrogen and oxygen atoms in total. The van der Waals surface area contributed by atoms with Crippen LogP contribution in [0.5, 0.6) is 0 Å². The molecule has 110 valence electrons. The second kappa shape index (κ2) is 6.56. The van der Waals surface area contributed by atoms with Gasteiger partial charge >= 0.3 is 0 Å². The van der Waals surface area contributed by atoms with Crippen molar-refractivity contribution in [1.29, 1.82) is 0 Å². The van der Waals surface area contributed by atoms with E-state index in [2.05, 4.69) is 27.9 Å². The maximum Gasteiger partial charge on any atom is 0.143 e. The van der Waals surface area contributed by atoms with Crippen LogP contribution in [0.4, 0.5) is 5.82 Å². The Hall–Kier alpha value is -0.430. The molecule has 3 rings (SSSR count). The van der Waals surface area contributed by atoms with E-state index in [0.29, 0.717) is 11.8 Å². The van der Waals surface area contributed by atoms with E-state index in [1.807, 2.05) is 7.05 Å². The fourth-order valence-electron chi connectivity index (χ4n) is 3.24.